The number of carbonyl (C=O) groups excluding carboxylic acids is 1. The third-order valence-electron chi connectivity index (χ3n) is 7.31. The Labute approximate surface area is 305 Å². The van der Waals surface area contributed by atoms with Crippen LogP contribution in [0.15, 0.2) is 59.5 Å². The lowest BCUT2D eigenvalue weighted by Crippen LogP contribution is -2.31. The molecule has 4 aromatic rings. The van der Waals surface area contributed by atoms with Gasteiger partial charge >= 0.3 is 0 Å². The van der Waals surface area contributed by atoms with E-state index in [2.05, 4.69) is 88.0 Å². The third-order valence-corrected chi connectivity index (χ3v) is 8.54. The van der Waals surface area contributed by atoms with Crippen LogP contribution in [-0.2, 0) is 0 Å². The fraction of sp³-hybridized carbons (Fsp3) is 0.400. The summed E-state index contributed by atoms with van der Waals surface area (Å²) in [4.78, 5) is 25.4. The number of hydrogen-bond acceptors (Lipinski definition) is 13. The van der Waals surface area contributed by atoms with Crippen LogP contribution in [0.1, 0.15) is 38.1 Å². The summed E-state index contributed by atoms with van der Waals surface area (Å²) < 4.78 is 3.35. The number of benzene rings is 3. The Balaban J connectivity index is 0.00000217. The maximum absolute atomic E-state index is 13.0. The van der Waals surface area contributed by atoms with Crippen molar-refractivity contribution in [2.24, 2.45) is 11.8 Å². The molecule has 3 aromatic carbocycles. The number of aliphatic hydroxyl groups is 1. The van der Waals surface area contributed by atoms with E-state index in [1.54, 1.807) is 18.2 Å². The molecule has 0 bridgehead atoms. The zero-order valence-corrected chi connectivity index (χ0v) is 31.7. The molecule has 1 atom stereocenters. The van der Waals surface area contributed by atoms with Gasteiger partial charge < -0.3 is 42.0 Å². The molecule has 13 nitrogen and oxygen atoms in total. The fourth-order valence-corrected chi connectivity index (χ4v) is 5.89. The molecule has 1 amide bonds. The maximum Gasteiger partial charge on any atom is 0.252 e. The Morgan fingerprint density at radius 1 is 0.960 bits per heavy atom. The van der Waals surface area contributed by atoms with Crippen LogP contribution >= 0.6 is 23.5 Å². The Morgan fingerprint density at radius 3 is 2.26 bits per heavy atom. The minimum absolute atomic E-state index is 0.0620. The Morgan fingerprint density at radius 2 is 1.64 bits per heavy atom. The molecule has 0 fully saturated rings. The molecule has 0 aliphatic rings. The molecule has 1 heterocycles. The van der Waals surface area contributed by atoms with E-state index in [1.807, 2.05) is 55.9 Å². The number of nitrogens with two attached hydrogens (primary N) is 1. The SMILES string of the molecule is CC(C)Nc1nc(NC(CO)C(C)C)nc(Nc2ccc(C(=O)NCCNSc3cccc4c(N(C)C)cccc34)c(Cl)c2)c1NN.CNC. The highest BCUT2D eigenvalue weighted by atomic mass is 35.5. The lowest BCUT2D eigenvalue weighted by atomic mass is 10.1. The first kappa shape index (κ1) is 40.4. The molecule has 1 unspecified atom stereocenters. The molecular weight excluding hydrogens is 674 g/mol. The molecule has 0 saturated heterocycles. The van der Waals surface area contributed by atoms with Gasteiger partial charge in [0, 0.05) is 54.9 Å². The number of hydrazine groups is 1. The zero-order valence-electron chi connectivity index (χ0n) is 30.1. The summed E-state index contributed by atoms with van der Waals surface area (Å²) in [7, 11) is 7.83. The van der Waals surface area contributed by atoms with Gasteiger partial charge in [-0.1, -0.05) is 49.7 Å². The van der Waals surface area contributed by atoms with Crippen LogP contribution in [0.4, 0.5) is 34.6 Å². The number of aliphatic hydroxyl groups excluding tert-OH is 1. The number of halogens is 1. The lowest BCUT2D eigenvalue weighted by molar-refractivity contribution is 0.0954. The number of fused-ring (bicyclic) bond motifs is 1. The van der Waals surface area contributed by atoms with E-state index in [1.165, 1.54) is 22.7 Å². The predicted octanol–water partition coefficient (Wildman–Crippen LogP) is 5.49. The van der Waals surface area contributed by atoms with Crippen LogP contribution in [0.3, 0.4) is 0 Å². The minimum atomic E-state index is -0.279. The largest absolute Gasteiger partial charge is 0.394 e. The summed E-state index contributed by atoms with van der Waals surface area (Å²) >= 11 is 8.12. The Kier molecular flexibility index (Phi) is 16.1. The van der Waals surface area contributed by atoms with Gasteiger partial charge in [-0.25, -0.2) is 0 Å². The van der Waals surface area contributed by atoms with Crippen molar-refractivity contribution < 1.29 is 9.90 Å². The number of aromatic nitrogens is 2. The smallest absolute Gasteiger partial charge is 0.252 e. The first-order chi connectivity index (χ1) is 23.9. The lowest BCUT2D eigenvalue weighted by Gasteiger charge is -2.23. The van der Waals surface area contributed by atoms with Crippen LogP contribution in [0.5, 0.6) is 0 Å². The van der Waals surface area contributed by atoms with E-state index in [0.717, 1.165) is 10.6 Å². The molecule has 15 heteroatoms. The number of amides is 1. The molecule has 0 saturated carbocycles. The molecule has 0 aliphatic carbocycles. The topological polar surface area (TPSA) is 177 Å². The predicted molar refractivity (Wildman–Crippen MR) is 212 cm³/mol. The number of carbonyl (C=O) groups is 1. The van der Waals surface area contributed by atoms with E-state index in [-0.39, 0.29) is 35.5 Å². The number of nitrogen functional groups attached to an aromatic ring is 1. The van der Waals surface area contributed by atoms with Crippen LogP contribution in [-0.4, -0.2) is 81.0 Å². The van der Waals surface area contributed by atoms with Gasteiger partial charge in [0.15, 0.2) is 11.6 Å². The second kappa shape index (κ2) is 20.0. The van der Waals surface area contributed by atoms with Gasteiger partial charge in [0.2, 0.25) is 5.95 Å². The Bertz CT molecular complexity index is 1690. The van der Waals surface area contributed by atoms with Gasteiger partial charge in [-0.15, -0.1) is 0 Å². The monoisotopic (exact) mass is 725 g/mol. The van der Waals surface area contributed by atoms with E-state index in [4.69, 9.17) is 17.4 Å². The standard InChI is InChI=1S/C33H45ClN10O2S.C2H7N/c1-19(2)26(18-45)40-33-41-30(38-20(3)4)29(43-35)31(42-33)39-21-13-14-24(25(34)17-21)32(46)36-15-16-37-47-28-12-8-9-22-23(28)10-7-11-27(22)44(5)6;1-3-2/h7-14,17,19-20,26,37,43,45H,15-16,18,35H2,1-6H3,(H,36,46)(H3,38,39,40,41,42);3H,1-2H3. The van der Waals surface area contributed by atoms with Gasteiger partial charge in [0.1, 0.15) is 5.69 Å². The molecular formula is C35H52ClN11O2S. The summed E-state index contributed by atoms with van der Waals surface area (Å²) in [5.41, 5.74) is 5.23. The fourth-order valence-electron chi connectivity index (χ4n) is 4.83. The van der Waals surface area contributed by atoms with E-state index in [0.29, 0.717) is 47.6 Å². The number of rotatable bonds is 16. The number of anilines is 6. The molecule has 0 aliphatic heterocycles. The molecule has 50 heavy (non-hydrogen) atoms. The molecule has 0 spiro atoms. The van der Waals surface area contributed by atoms with E-state index < -0.39 is 0 Å². The van der Waals surface area contributed by atoms with Crippen molar-refractivity contribution in [2.75, 3.05) is 74.2 Å². The highest BCUT2D eigenvalue weighted by Crippen LogP contribution is 2.34. The van der Waals surface area contributed by atoms with Crippen molar-refractivity contribution in [3.63, 3.8) is 0 Å². The van der Waals surface area contributed by atoms with Gasteiger partial charge in [0.25, 0.3) is 5.91 Å². The summed E-state index contributed by atoms with van der Waals surface area (Å²) in [5, 5.41) is 27.8. The minimum Gasteiger partial charge on any atom is -0.394 e. The van der Waals surface area contributed by atoms with Crippen molar-refractivity contribution in [3.05, 3.63) is 65.2 Å². The van der Waals surface area contributed by atoms with Crippen LogP contribution in [0, 0.1) is 5.92 Å². The normalized spacial score (nSPS) is 11.5. The van der Waals surface area contributed by atoms with E-state index in [9.17, 15) is 9.90 Å². The van der Waals surface area contributed by atoms with Gasteiger partial charge in [-0.05, 0) is 81.5 Å². The highest BCUT2D eigenvalue weighted by molar-refractivity contribution is 7.97. The van der Waals surface area contributed by atoms with Crippen molar-refractivity contribution in [1.29, 1.82) is 0 Å². The summed E-state index contributed by atoms with van der Waals surface area (Å²) in [5.74, 6) is 6.93. The quantitative estimate of drug-likeness (QED) is 0.0307. The van der Waals surface area contributed by atoms with Crippen molar-refractivity contribution in [2.45, 2.75) is 44.7 Å². The molecule has 10 N–H and O–H groups in total. The first-order valence-electron chi connectivity index (χ1n) is 16.5. The van der Waals surface area contributed by atoms with Crippen LogP contribution in [0.2, 0.25) is 5.02 Å². The number of nitrogens with one attached hydrogen (secondary N) is 7. The van der Waals surface area contributed by atoms with E-state index >= 15 is 0 Å². The highest BCUT2D eigenvalue weighted by Gasteiger charge is 2.20. The number of hydrogen-bond donors (Lipinski definition) is 9. The van der Waals surface area contributed by atoms with Crippen LogP contribution in [0.25, 0.3) is 10.8 Å². The molecule has 1 aromatic heterocycles. The summed E-state index contributed by atoms with van der Waals surface area (Å²) in [6.07, 6.45) is 0. The van der Waals surface area contributed by atoms with Crippen molar-refractivity contribution in [1.82, 2.24) is 25.3 Å². The molecule has 4 rings (SSSR count). The summed E-state index contributed by atoms with van der Waals surface area (Å²) in [6, 6.07) is 17.4. The van der Waals surface area contributed by atoms with Gasteiger partial charge in [0.05, 0.1) is 23.2 Å². The van der Waals surface area contributed by atoms with Crippen molar-refractivity contribution >= 4 is 74.9 Å². The first-order valence-corrected chi connectivity index (χ1v) is 17.7. The molecule has 0 radical (unpaired) electrons. The Hall–Kier alpha value is -4.05. The second-order valence-corrected chi connectivity index (χ2v) is 13.7. The zero-order chi connectivity index (χ0) is 36.8. The third kappa shape index (κ3) is 11.2. The van der Waals surface area contributed by atoms with Gasteiger partial charge in [-0.2, -0.15) is 9.97 Å². The summed E-state index contributed by atoms with van der Waals surface area (Å²) in [6.45, 7) is 8.85. The van der Waals surface area contributed by atoms with Crippen LogP contribution < -0.4 is 47.5 Å². The second-order valence-electron chi connectivity index (χ2n) is 12.3. The number of nitrogens with zero attached hydrogens (tertiary/aromatic N) is 3. The van der Waals surface area contributed by atoms with Crippen molar-refractivity contribution in [3.8, 4) is 0 Å². The average Bonchev–Trinajstić information content (AvgIpc) is 3.06. The maximum atomic E-state index is 13.0. The van der Waals surface area contributed by atoms with Gasteiger partial charge in [-0.3, -0.25) is 15.4 Å². The average molecular weight is 726 g/mol. The molecule has 272 valence electrons.